The minimum atomic E-state index is 0.0426. The maximum Gasteiger partial charge on any atom is 0.0943 e. The second kappa shape index (κ2) is 14.2. The van der Waals surface area contributed by atoms with Crippen LogP contribution >= 0.6 is 43.5 Å². The molecule has 0 fully saturated rings. The molecule has 0 aromatic carbocycles. The number of rotatable bonds is 12. The summed E-state index contributed by atoms with van der Waals surface area (Å²) in [6.45, 7) is 2.18. The first-order valence-corrected chi connectivity index (χ1v) is 8.50. The number of hydrogen-bond acceptors (Lipinski definition) is 2. The quantitative estimate of drug-likeness (QED) is 0.377. The van der Waals surface area contributed by atoms with Gasteiger partial charge in [0.05, 0.1) is 18.6 Å². The van der Waals surface area contributed by atoms with E-state index >= 15 is 0 Å². The van der Waals surface area contributed by atoms with Crippen molar-refractivity contribution in [2.75, 3.05) is 36.4 Å². The van der Waals surface area contributed by atoms with Gasteiger partial charge < -0.3 is 9.47 Å². The van der Waals surface area contributed by atoms with Crippen molar-refractivity contribution in [2.24, 2.45) is 0 Å². The van der Waals surface area contributed by atoms with Crippen molar-refractivity contribution in [3.05, 3.63) is 0 Å². The molecule has 0 radical (unpaired) electrons. The zero-order chi connectivity index (χ0) is 12.1. The van der Waals surface area contributed by atoms with E-state index in [4.69, 9.17) is 21.1 Å². The highest BCUT2D eigenvalue weighted by atomic mass is 79.9. The van der Waals surface area contributed by atoms with Crippen LogP contribution in [-0.2, 0) is 9.47 Å². The lowest BCUT2D eigenvalue weighted by molar-refractivity contribution is -0.00613. The van der Waals surface area contributed by atoms with Gasteiger partial charge in [-0.1, -0.05) is 31.9 Å². The van der Waals surface area contributed by atoms with Gasteiger partial charge in [0.1, 0.15) is 0 Å². The molecule has 5 heteroatoms. The molecular formula is C11H21Br2ClO2. The topological polar surface area (TPSA) is 18.5 Å². The molecule has 0 bridgehead atoms. The van der Waals surface area contributed by atoms with E-state index in [0.717, 1.165) is 49.6 Å². The van der Waals surface area contributed by atoms with Crippen molar-refractivity contribution in [1.82, 2.24) is 0 Å². The van der Waals surface area contributed by atoms with Crippen LogP contribution in [0, 0.1) is 0 Å². The number of halogens is 3. The Kier molecular flexibility index (Phi) is 15.3. The van der Waals surface area contributed by atoms with Crippen molar-refractivity contribution in [2.45, 2.75) is 31.8 Å². The third-order valence-corrected chi connectivity index (χ3v) is 3.50. The second-order valence-electron chi connectivity index (χ2n) is 3.51. The van der Waals surface area contributed by atoms with E-state index in [2.05, 4.69) is 31.9 Å². The van der Waals surface area contributed by atoms with E-state index in [9.17, 15) is 0 Å². The van der Waals surface area contributed by atoms with Crippen molar-refractivity contribution in [1.29, 1.82) is 0 Å². The first-order chi connectivity index (χ1) is 7.85. The van der Waals surface area contributed by atoms with Gasteiger partial charge in [-0.2, -0.15) is 0 Å². The summed E-state index contributed by atoms with van der Waals surface area (Å²) >= 11 is 12.6. The van der Waals surface area contributed by atoms with Gasteiger partial charge in [-0.3, -0.25) is 0 Å². The van der Waals surface area contributed by atoms with Gasteiger partial charge in [0.2, 0.25) is 0 Å². The molecule has 0 spiro atoms. The lowest BCUT2D eigenvalue weighted by atomic mass is 10.3. The smallest absolute Gasteiger partial charge is 0.0943 e. The Morgan fingerprint density at radius 1 is 0.938 bits per heavy atom. The maximum absolute atomic E-state index is 5.80. The van der Waals surface area contributed by atoms with Gasteiger partial charge >= 0.3 is 0 Å². The molecule has 0 N–H and O–H groups in total. The van der Waals surface area contributed by atoms with Crippen LogP contribution in [-0.4, -0.2) is 42.5 Å². The summed E-state index contributed by atoms with van der Waals surface area (Å²) in [5.41, 5.74) is 0. The van der Waals surface area contributed by atoms with Crippen molar-refractivity contribution in [3.8, 4) is 0 Å². The fourth-order valence-corrected chi connectivity index (χ4v) is 2.07. The number of alkyl halides is 3. The molecule has 16 heavy (non-hydrogen) atoms. The maximum atomic E-state index is 5.80. The Bertz CT molecular complexity index is 139. The van der Waals surface area contributed by atoms with E-state index in [0.29, 0.717) is 12.5 Å². The minimum absolute atomic E-state index is 0.0426. The summed E-state index contributed by atoms with van der Waals surface area (Å²) in [4.78, 5) is 0. The predicted octanol–water partition coefficient (Wildman–Crippen LogP) is 3.98. The fraction of sp³-hybridized carbons (Fsp3) is 1.00. The second-order valence-corrected chi connectivity index (χ2v) is 5.41. The molecular weight excluding hydrogens is 359 g/mol. The van der Waals surface area contributed by atoms with Crippen LogP contribution in [0.5, 0.6) is 0 Å². The summed E-state index contributed by atoms with van der Waals surface area (Å²) in [6.07, 6.45) is 4.49. The average molecular weight is 381 g/mol. The normalized spacial score (nSPS) is 12.9. The van der Waals surface area contributed by atoms with Crippen molar-refractivity contribution >= 4 is 43.5 Å². The summed E-state index contributed by atoms with van der Waals surface area (Å²) in [6, 6.07) is 0. The molecule has 98 valence electrons. The molecule has 0 rings (SSSR count). The SMILES string of the molecule is ClCC(COCCCCBr)OCCCCBr. The third kappa shape index (κ3) is 11.6. The van der Waals surface area contributed by atoms with Gasteiger partial charge in [0.25, 0.3) is 0 Å². The van der Waals surface area contributed by atoms with Gasteiger partial charge in [0, 0.05) is 23.9 Å². The largest absolute Gasteiger partial charge is 0.379 e. The molecule has 1 unspecified atom stereocenters. The summed E-state index contributed by atoms with van der Waals surface area (Å²) < 4.78 is 11.1. The van der Waals surface area contributed by atoms with E-state index in [-0.39, 0.29) is 6.10 Å². The molecule has 0 saturated carbocycles. The van der Waals surface area contributed by atoms with Crippen LogP contribution in [0.3, 0.4) is 0 Å². The molecule has 0 aromatic heterocycles. The van der Waals surface area contributed by atoms with Crippen LogP contribution in [0.1, 0.15) is 25.7 Å². The van der Waals surface area contributed by atoms with E-state index in [1.54, 1.807) is 0 Å². The Hall–Kier alpha value is 1.17. The zero-order valence-electron chi connectivity index (χ0n) is 9.60. The van der Waals surface area contributed by atoms with Gasteiger partial charge in [-0.05, 0) is 25.7 Å². The number of hydrogen-bond donors (Lipinski definition) is 0. The van der Waals surface area contributed by atoms with Gasteiger partial charge in [0.15, 0.2) is 0 Å². The molecule has 0 aliphatic heterocycles. The first kappa shape index (κ1) is 17.2. The highest BCUT2D eigenvalue weighted by Crippen LogP contribution is 2.02. The number of ether oxygens (including phenoxy) is 2. The van der Waals surface area contributed by atoms with Gasteiger partial charge in [-0.15, -0.1) is 11.6 Å². The lowest BCUT2D eigenvalue weighted by Crippen LogP contribution is -2.22. The summed E-state index contributed by atoms with van der Waals surface area (Å²) in [5.74, 6) is 0.507. The van der Waals surface area contributed by atoms with Crippen molar-refractivity contribution in [3.63, 3.8) is 0 Å². The Morgan fingerprint density at radius 3 is 2.12 bits per heavy atom. The number of unbranched alkanes of at least 4 members (excludes halogenated alkanes) is 2. The van der Waals surface area contributed by atoms with Crippen molar-refractivity contribution < 1.29 is 9.47 Å². The molecule has 0 aliphatic carbocycles. The molecule has 0 heterocycles. The third-order valence-electron chi connectivity index (χ3n) is 2.03. The van der Waals surface area contributed by atoms with E-state index in [1.165, 1.54) is 0 Å². The molecule has 0 aromatic rings. The molecule has 2 nitrogen and oxygen atoms in total. The van der Waals surface area contributed by atoms with Crippen LogP contribution < -0.4 is 0 Å². The standard InChI is InChI=1S/C11H21Br2ClO2/c12-5-1-3-7-15-10-11(9-14)16-8-4-2-6-13/h11H,1-10H2. The van der Waals surface area contributed by atoms with Crippen LogP contribution in [0.4, 0.5) is 0 Å². The Labute approximate surface area is 121 Å². The minimum Gasteiger partial charge on any atom is -0.379 e. The van der Waals surface area contributed by atoms with Gasteiger partial charge in [-0.25, -0.2) is 0 Å². The monoisotopic (exact) mass is 378 g/mol. The zero-order valence-corrected chi connectivity index (χ0v) is 13.5. The fourth-order valence-electron chi connectivity index (χ4n) is 1.10. The van der Waals surface area contributed by atoms with Crippen LogP contribution in [0.25, 0.3) is 0 Å². The summed E-state index contributed by atoms with van der Waals surface area (Å²) in [5, 5.41) is 2.07. The molecule has 0 saturated heterocycles. The lowest BCUT2D eigenvalue weighted by Gasteiger charge is -2.15. The highest BCUT2D eigenvalue weighted by Gasteiger charge is 2.07. The molecule has 1 atom stereocenters. The Morgan fingerprint density at radius 2 is 1.56 bits per heavy atom. The van der Waals surface area contributed by atoms with Crippen LogP contribution in [0.15, 0.2) is 0 Å². The van der Waals surface area contributed by atoms with E-state index < -0.39 is 0 Å². The highest BCUT2D eigenvalue weighted by molar-refractivity contribution is 9.09. The van der Waals surface area contributed by atoms with Crippen LogP contribution in [0.2, 0.25) is 0 Å². The first-order valence-electron chi connectivity index (χ1n) is 5.72. The summed E-state index contributed by atoms with van der Waals surface area (Å²) in [7, 11) is 0. The molecule has 0 aliphatic rings. The predicted molar refractivity (Wildman–Crippen MR) is 77.3 cm³/mol. The molecule has 0 amide bonds. The Balaban J connectivity index is 3.29. The van der Waals surface area contributed by atoms with E-state index in [1.807, 2.05) is 0 Å². The average Bonchev–Trinajstić information content (AvgIpc) is 2.31.